The summed E-state index contributed by atoms with van der Waals surface area (Å²) in [5, 5.41) is 0. The van der Waals surface area contributed by atoms with Crippen molar-refractivity contribution in [1.82, 2.24) is 9.55 Å². The average molecular weight is 246 g/mol. The SMILES string of the molecule is CC(C)(C)c1cccc2c1[nH]c(=O)n2C(C)(C)C. The summed E-state index contributed by atoms with van der Waals surface area (Å²) in [6, 6.07) is 6.12. The van der Waals surface area contributed by atoms with Crippen LogP contribution in [0.4, 0.5) is 0 Å². The van der Waals surface area contributed by atoms with Gasteiger partial charge in [0, 0.05) is 5.54 Å². The molecular formula is C15H22N2O. The minimum Gasteiger partial charge on any atom is -0.305 e. The number of benzene rings is 1. The Labute approximate surface area is 108 Å². The molecule has 0 fully saturated rings. The summed E-state index contributed by atoms with van der Waals surface area (Å²) in [5.74, 6) is 0. The highest BCUT2D eigenvalue weighted by Gasteiger charge is 2.23. The van der Waals surface area contributed by atoms with Crippen molar-refractivity contribution in [2.75, 3.05) is 0 Å². The van der Waals surface area contributed by atoms with Crippen LogP contribution in [0.25, 0.3) is 11.0 Å². The van der Waals surface area contributed by atoms with Gasteiger partial charge in [-0.3, -0.25) is 4.57 Å². The smallest absolute Gasteiger partial charge is 0.305 e. The van der Waals surface area contributed by atoms with Crippen LogP contribution in [0.1, 0.15) is 47.1 Å². The quantitative estimate of drug-likeness (QED) is 0.760. The summed E-state index contributed by atoms with van der Waals surface area (Å²) in [6.07, 6.45) is 0. The van der Waals surface area contributed by atoms with E-state index < -0.39 is 0 Å². The molecule has 0 atom stereocenters. The van der Waals surface area contributed by atoms with E-state index in [1.54, 1.807) is 0 Å². The molecule has 2 rings (SSSR count). The van der Waals surface area contributed by atoms with E-state index in [0.717, 1.165) is 11.0 Å². The Morgan fingerprint density at radius 2 is 1.67 bits per heavy atom. The monoisotopic (exact) mass is 246 g/mol. The molecule has 3 nitrogen and oxygen atoms in total. The first-order valence-electron chi connectivity index (χ1n) is 6.37. The lowest BCUT2D eigenvalue weighted by atomic mass is 9.86. The molecule has 0 amide bonds. The third-order valence-corrected chi connectivity index (χ3v) is 3.20. The van der Waals surface area contributed by atoms with E-state index in [-0.39, 0.29) is 16.6 Å². The first-order valence-corrected chi connectivity index (χ1v) is 6.37. The zero-order chi connectivity index (χ0) is 13.7. The number of hydrogen-bond acceptors (Lipinski definition) is 1. The van der Waals surface area contributed by atoms with Gasteiger partial charge in [0.2, 0.25) is 0 Å². The van der Waals surface area contributed by atoms with Crippen LogP contribution in [-0.2, 0) is 11.0 Å². The molecule has 0 saturated carbocycles. The maximum absolute atomic E-state index is 12.2. The number of fused-ring (bicyclic) bond motifs is 1. The predicted octanol–water partition coefficient (Wildman–Crippen LogP) is 3.38. The van der Waals surface area contributed by atoms with Crippen LogP contribution in [0.15, 0.2) is 23.0 Å². The van der Waals surface area contributed by atoms with Gasteiger partial charge in [0.15, 0.2) is 0 Å². The number of para-hydroxylation sites is 1. The third kappa shape index (κ3) is 1.98. The van der Waals surface area contributed by atoms with Gasteiger partial charge in [0.25, 0.3) is 0 Å². The predicted molar refractivity (Wildman–Crippen MR) is 76.3 cm³/mol. The van der Waals surface area contributed by atoms with Gasteiger partial charge in [-0.05, 0) is 37.8 Å². The summed E-state index contributed by atoms with van der Waals surface area (Å²) in [5.41, 5.74) is 2.90. The Kier molecular flexibility index (Phi) is 2.69. The van der Waals surface area contributed by atoms with Crippen molar-refractivity contribution >= 4 is 11.0 Å². The maximum Gasteiger partial charge on any atom is 0.326 e. The van der Waals surface area contributed by atoms with Crippen LogP contribution in [0.2, 0.25) is 0 Å². The van der Waals surface area contributed by atoms with Crippen LogP contribution in [0.5, 0.6) is 0 Å². The summed E-state index contributed by atoms with van der Waals surface area (Å²) >= 11 is 0. The zero-order valence-corrected chi connectivity index (χ0v) is 12.1. The molecule has 3 heteroatoms. The Hall–Kier alpha value is -1.51. The molecule has 1 N–H and O–H groups in total. The third-order valence-electron chi connectivity index (χ3n) is 3.20. The Balaban J connectivity index is 2.89. The van der Waals surface area contributed by atoms with Crippen molar-refractivity contribution in [3.8, 4) is 0 Å². The zero-order valence-electron chi connectivity index (χ0n) is 12.1. The van der Waals surface area contributed by atoms with E-state index in [9.17, 15) is 4.79 Å². The van der Waals surface area contributed by atoms with Crippen molar-refractivity contribution in [2.24, 2.45) is 0 Å². The lowest BCUT2D eigenvalue weighted by molar-refractivity contribution is 0.397. The molecule has 0 aliphatic heterocycles. The van der Waals surface area contributed by atoms with Gasteiger partial charge in [0.05, 0.1) is 11.0 Å². The van der Waals surface area contributed by atoms with Gasteiger partial charge < -0.3 is 4.98 Å². The summed E-state index contributed by atoms with van der Waals surface area (Å²) in [4.78, 5) is 15.2. The molecule has 0 spiro atoms. The largest absolute Gasteiger partial charge is 0.326 e. The van der Waals surface area contributed by atoms with Crippen LogP contribution in [-0.4, -0.2) is 9.55 Å². The van der Waals surface area contributed by atoms with Crippen molar-refractivity contribution in [1.29, 1.82) is 0 Å². The lowest BCUT2D eigenvalue weighted by Gasteiger charge is -2.22. The molecule has 0 saturated heterocycles. The van der Waals surface area contributed by atoms with Gasteiger partial charge in [-0.1, -0.05) is 32.9 Å². The van der Waals surface area contributed by atoms with E-state index in [1.165, 1.54) is 5.56 Å². The van der Waals surface area contributed by atoms with Crippen LogP contribution in [0.3, 0.4) is 0 Å². The van der Waals surface area contributed by atoms with Crippen molar-refractivity contribution in [3.63, 3.8) is 0 Å². The number of nitrogens with zero attached hydrogens (tertiary/aromatic N) is 1. The molecule has 0 aliphatic rings. The van der Waals surface area contributed by atoms with E-state index in [4.69, 9.17) is 0 Å². The number of aromatic nitrogens is 2. The molecule has 0 bridgehead atoms. The van der Waals surface area contributed by atoms with Gasteiger partial charge in [-0.25, -0.2) is 4.79 Å². The number of H-pyrrole nitrogens is 1. The van der Waals surface area contributed by atoms with Gasteiger partial charge in [-0.15, -0.1) is 0 Å². The van der Waals surface area contributed by atoms with E-state index in [1.807, 2.05) is 37.5 Å². The fraction of sp³-hybridized carbons (Fsp3) is 0.533. The molecule has 1 heterocycles. The second-order valence-electron chi connectivity index (χ2n) is 6.89. The molecule has 0 aliphatic carbocycles. The van der Waals surface area contributed by atoms with E-state index >= 15 is 0 Å². The van der Waals surface area contributed by atoms with Crippen molar-refractivity contribution in [2.45, 2.75) is 52.5 Å². The van der Waals surface area contributed by atoms with E-state index in [2.05, 4.69) is 31.8 Å². The van der Waals surface area contributed by atoms with Gasteiger partial charge in [-0.2, -0.15) is 0 Å². The van der Waals surface area contributed by atoms with Crippen molar-refractivity contribution < 1.29 is 0 Å². The summed E-state index contributed by atoms with van der Waals surface area (Å²) in [7, 11) is 0. The Bertz CT molecular complexity index is 633. The lowest BCUT2D eigenvalue weighted by Crippen LogP contribution is -2.31. The number of aromatic amines is 1. The minimum absolute atomic E-state index is 0.0204. The Morgan fingerprint density at radius 3 is 2.17 bits per heavy atom. The van der Waals surface area contributed by atoms with Crippen molar-refractivity contribution in [3.05, 3.63) is 34.2 Å². The molecule has 18 heavy (non-hydrogen) atoms. The first-order chi connectivity index (χ1) is 8.12. The highest BCUT2D eigenvalue weighted by Crippen LogP contribution is 2.29. The highest BCUT2D eigenvalue weighted by molar-refractivity contribution is 5.80. The van der Waals surface area contributed by atoms with Gasteiger partial charge >= 0.3 is 5.69 Å². The highest BCUT2D eigenvalue weighted by atomic mass is 16.1. The normalized spacial score (nSPS) is 13.2. The van der Waals surface area contributed by atoms with Crippen LogP contribution in [0, 0.1) is 0 Å². The van der Waals surface area contributed by atoms with Crippen LogP contribution < -0.4 is 5.69 Å². The second-order valence-corrected chi connectivity index (χ2v) is 6.89. The Morgan fingerprint density at radius 1 is 1.06 bits per heavy atom. The summed E-state index contributed by atoms with van der Waals surface area (Å²) < 4.78 is 1.83. The van der Waals surface area contributed by atoms with Gasteiger partial charge in [0.1, 0.15) is 0 Å². The van der Waals surface area contributed by atoms with Crippen LogP contribution >= 0.6 is 0 Å². The maximum atomic E-state index is 12.2. The molecule has 1 aromatic heterocycles. The fourth-order valence-corrected chi connectivity index (χ4v) is 2.42. The van der Waals surface area contributed by atoms with E-state index in [0.29, 0.717) is 0 Å². The molecule has 2 aromatic rings. The topological polar surface area (TPSA) is 37.8 Å². The second kappa shape index (κ2) is 3.74. The number of nitrogens with one attached hydrogen (secondary N) is 1. The summed E-state index contributed by atoms with van der Waals surface area (Å²) in [6.45, 7) is 12.6. The first kappa shape index (κ1) is 12.9. The number of rotatable bonds is 0. The standard InChI is InChI=1S/C15H22N2O/c1-14(2,3)10-8-7-9-11-12(10)16-13(18)17(11)15(4,5)6/h7-9H,1-6H3,(H,16,18). The number of hydrogen-bond donors (Lipinski definition) is 1. The molecule has 1 aromatic carbocycles. The molecule has 0 unspecified atom stereocenters. The fourth-order valence-electron chi connectivity index (χ4n) is 2.42. The number of imidazole rings is 1. The molecule has 0 radical (unpaired) electrons. The molecule has 98 valence electrons. The molecular weight excluding hydrogens is 224 g/mol. The minimum atomic E-state index is -0.216. The average Bonchev–Trinajstić information content (AvgIpc) is 2.50.